The molecule has 0 spiro atoms. The fourth-order valence-electron chi connectivity index (χ4n) is 2.98. The maximum atomic E-state index is 12.7. The van der Waals surface area contributed by atoms with Gasteiger partial charge in [-0.3, -0.25) is 4.79 Å². The molecule has 24 heavy (non-hydrogen) atoms. The molecule has 0 saturated heterocycles. The minimum absolute atomic E-state index is 0.255. The van der Waals surface area contributed by atoms with Gasteiger partial charge in [-0.05, 0) is 30.5 Å². The van der Waals surface area contributed by atoms with E-state index in [-0.39, 0.29) is 6.54 Å². The lowest BCUT2D eigenvalue weighted by molar-refractivity contribution is -0.137. The number of hydrogen-bond donors (Lipinski definition) is 2. The number of carbonyl (C=O) groups is 2. The Morgan fingerprint density at radius 3 is 2.25 bits per heavy atom. The zero-order valence-electron chi connectivity index (χ0n) is 13.2. The van der Waals surface area contributed by atoms with Crippen LogP contribution in [-0.2, 0) is 21.2 Å². The molecule has 5 nitrogen and oxygen atoms in total. The molecule has 0 radical (unpaired) electrons. The predicted octanol–water partition coefficient (Wildman–Crippen LogP) is 2.95. The van der Waals surface area contributed by atoms with Crippen molar-refractivity contribution in [2.24, 2.45) is 0 Å². The van der Waals surface area contributed by atoms with Gasteiger partial charge < -0.3 is 15.4 Å². The average molecular weight is 344 g/mol. The number of alkyl carbamates (subject to hydrolysis) is 1. The van der Waals surface area contributed by atoms with Crippen molar-refractivity contribution in [2.45, 2.75) is 37.4 Å². The number of halogens is 3. The fourth-order valence-corrected chi connectivity index (χ4v) is 2.98. The van der Waals surface area contributed by atoms with E-state index in [9.17, 15) is 22.8 Å². The molecule has 1 fully saturated rings. The van der Waals surface area contributed by atoms with Gasteiger partial charge in [0.2, 0.25) is 5.91 Å². The normalized spacial score (nSPS) is 16.5. The van der Waals surface area contributed by atoms with Crippen LogP contribution in [0.3, 0.4) is 0 Å². The zero-order chi connectivity index (χ0) is 17.8. The van der Waals surface area contributed by atoms with E-state index in [1.54, 1.807) is 0 Å². The largest absolute Gasteiger partial charge is 0.453 e. The molecule has 8 heteroatoms. The van der Waals surface area contributed by atoms with Crippen molar-refractivity contribution in [2.75, 3.05) is 13.7 Å². The highest BCUT2D eigenvalue weighted by Crippen LogP contribution is 2.39. The van der Waals surface area contributed by atoms with Gasteiger partial charge in [0.25, 0.3) is 0 Å². The molecule has 1 saturated carbocycles. The summed E-state index contributed by atoms with van der Waals surface area (Å²) in [4.78, 5) is 23.1. The molecule has 2 rings (SSSR count). The molecule has 1 aromatic rings. The fraction of sp³-hybridized carbons (Fsp3) is 0.500. The van der Waals surface area contributed by atoms with E-state index < -0.39 is 29.3 Å². The molecule has 0 bridgehead atoms. The summed E-state index contributed by atoms with van der Waals surface area (Å²) in [5.74, 6) is -0.415. The molecule has 2 N–H and O–H groups in total. The van der Waals surface area contributed by atoms with Gasteiger partial charge in [0.1, 0.15) is 6.54 Å². The molecule has 1 aliphatic carbocycles. The second-order valence-corrected chi connectivity index (χ2v) is 5.76. The number of hydrogen-bond acceptors (Lipinski definition) is 3. The number of benzene rings is 1. The first kappa shape index (κ1) is 18.1. The van der Waals surface area contributed by atoms with Crippen LogP contribution in [0.25, 0.3) is 0 Å². The standard InChI is InChI=1S/C16H19F3N2O3/c1-24-14(23)20-10-13(22)21-15(8-2-3-9-15)11-4-6-12(7-5-11)16(17,18)19/h4-7H,2-3,8-10H2,1H3,(H,20,23)(H,21,22). The average Bonchev–Trinajstić information content (AvgIpc) is 3.01. The summed E-state index contributed by atoms with van der Waals surface area (Å²) in [6.45, 7) is -0.255. The van der Waals surface area contributed by atoms with Crippen LogP contribution in [0, 0.1) is 0 Å². The van der Waals surface area contributed by atoms with Crippen LogP contribution >= 0.6 is 0 Å². The summed E-state index contributed by atoms with van der Waals surface area (Å²) in [7, 11) is 1.19. The molecule has 0 aliphatic heterocycles. The van der Waals surface area contributed by atoms with Crippen molar-refractivity contribution in [1.29, 1.82) is 0 Å². The van der Waals surface area contributed by atoms with Crippen LogP contribution in [0.2, 0.25) is 0 Å². The van der Waals surface area contributed by atoms with Crippen molar-refractivity contribution < 1.29 is 27.5 Å². The van der Waals surface area contributed by atoms with E-state index >= 15 is 0 Å². The Balaban J connectivity index is 2.13. The van der Waals surface area contributed by atoms with Crippen molar-refractivity contribution in [1.82, 2.24) is 10.6 Å². The van der Waals surface area contributed by atoms with E-state index in [1.165, 1.54) is 19.2 Å². The van der Waals surface area contributed by atoms with Crippen molar-refractivity contribution in [3.63, 3.8) is 0 Å². The molecule has 0 atom stereocenters. The van der Waals surface area contributed by atoms with Gasteiger partial charge in [-0.1, -0.05) is 25.0 Å². The lowest BCUT2D eigenvalue weighted by atomic mass is 9.87. The van der Waals surface area contributed by atoms with Crippen molar-refractivity contribution in [3.8, 4) is 0 Å². The van der Waals surface area contributed by atoms with Gasteiger partial charge in [0.05, 0.1) is 18.2 Å². The second kappa shape index (κ2) is 7.11. The van der Waals surface area contributed by atoms with Crippen LogP contribution in [0.4, 0.5) is 18.0 Å². The van der Waals surface area contributed by atoms with Crippen molar-refractivity contribution in [3.05, 3.63) is 35.4 Å². The van der Waals surface area contributed by atoms with E-state index in [1.807, 2.05) is 0 Å². The van der Waals surface area contributed by atoms with Gasteiger partial charge >= 0.3 is 12.3 Å². The number of ether oxygens (including phenoxy) is 1. The lowest BCUT2D eigenvalue weighted by Crippen LogP contribution is -2.47. The minimum atomic E-state index is -4.39. The molecule has 0 unspecified atom stereocenters. The molecular formula is C16H19F3N2O3. The SMILES string of the molecule is COC(=O)NCC(=O)NC1(c2ccc(C(F)(F)F)cc2)CCCC1. The Bertz CT molecular complexity index is 594. The molecular weight excluding hydrogens is 325 g/mol. The Morgan fingerprint density at radius 1 is 1.17 bits per heavy atom. The first-order valence-corrected chi connectivity index (χ1v) is 7.57. The number of rotatable bonds is 4. The third kappa shape index (κ3) is 4.18. The third-order valence-electron chi connectivity index (χ3n) is 4.18. The number of alkyl halides is 3. The van der Waals surface area contributed by atoms with Gasteiger partial charge in [0, 0.05) is 0 Å². The molecule has 0 aromatic heterocycles. The Kier molecular flexibility index (Phi) is 5.36. The van der Waals surface area contributed by atoms with Crippen LogP contribution in [-0.4, -0.2) is 25.7 Å². The highest BCUT2D eigenvalue weighted by molar-refractivity contribution is 5.82. The maximum absolute atomic E-state index is 12.7. The van der Waals surface area contributed by atoms with Crippen LogP contribution in [0.5, 0.6) is 0 Å². The maximum Gasteiger partial charge on any atom is 0.416 e. The van der Waals surface area contributed by atoms with E-state index in [2.05, 4.69) is 15.4 Å². The molecule has 0 heterocycles. The topological polar surface area (TPSA) is 67.4 Å². The van der Waals surface area contributed by atoms with Gasteiger partial charge in [0.15, 0.2) is 0 Å². The summed E-state index contributed by atoms with van der Waals surface area (Å²) in [5.41, 5.74) is -0.781. The van der Waals surface area contributed by atoms with Crippen LogP contribution in [0.15, 0.2) is 24.3 Å². The van der Waals surface area contributed by atoms with E-state index in [0.717, 1.165) is 25.0 Å². The summed E-state index contributed by atoms with van der Waals surface area (Å²) in [5, 5.41) is 5.14. The van der Waals surface area contributed by atoms with Crippen LogP contribution in [0.1, 0.15) is 36.8 Å². The Morgan fingerprint density at radius 2 is 1.75 bits per heavy atom. The monoisotopic (exact) mass is 344 g/mol. The third-order valence-corrected chi connectivity index (χ3v) is 4.18. The van der Waals surface area contributed by atoms with Crippen molar-refractivity contribution >= 4 is 12.0 Å². The summed E-state index contributed by atoms with van der Waals surface area (Å²) in [6.07, 6.45) is -2.10. The quantitative estimate of drug-likeness (QED) is 0.882. The Labute approximate surface area is 137 Å². The van der Waals surface area contributed by atoms with Gasteiger partial charge in [-0.25, -0.2) is 4.79 Å². The zero-order valence-corrected chi connectivity index (χ0v) is 13.2. The molecule has 1 aromatic carbocycles. The number of methoxy groups -OCH3 is 1. The molecule has 132 valence electrons. The first-order valence-electron chi connectivity index (χ1n) is 7.57. The highest BCUT2D eigenvalue weighted by Gasteiger charge is 2.38. The number of nitrogens with one attached hydrogen (secondary N) is 2. The van der Waals surface area contributed by atoms with E-state index in [0.29, 0.717) is 18.4 Å². The number of amides is 2. The van der Waals surface area contributed by atoms with E-state index in [4.69, 9.17) is 0 Å². The van der Waals surface area contributed by atoms with Crippen LogP contribution < -0.4 is 10.6 Å². The Hall–Kier alpha value is -2.25. The highest BCUT2D eigenvalue weighted by atomic mass is 19.4. The second-order valence-electron chi connectivity index (χ2n) is 5.76. The predicted molar refractivity (Wildman–Crippen MR) is 80.1 cm³/mol. The van der Waals surface area contributed by atoms with Gasteiger partial charge in [-0.15, -0.1) is 0 Å². The minimum Gasteiger partial charge on any atom is -0.453 e. The summed E-state index contributed by atoms with van der Waals surface area (Å²) < 4.78 is 42.5. The first-order chi connectivity index (χ1) is 11.3. The number of carbonyl (C=O) groups excluding carboxylic acids is 2. The summed E-state index contributed by atoms with van der Waals surface area (Å²) >= 11 is 0. The van der Waals surface area contributed by atoms with Gasteiger partial charge in [-0.2, -0.15) is 13.2 Å². The smallest absolute Gasteiger partial charge is 0.416 e. The molecule has 2 amide bonds. The lowest BCUT2D eigenvalue weighted by Gasteiger charge is -2.31. The molecule has 1 aliphatic rings. The summed E-state index contributed by atoms with van der Waals surface area (Å²) in [6, 6.07) is 4.85.